The Labute approximate surface area is 139 Å². The molecule has 22 heavy (non-hydrogen) atoms. The van der Waals surface area contributed by atoms with Gasteiger partial charge in [0, 0.05) is 5.56 Å². The van der Waals surface area contributed by atoms with Crippen LogP contribution in [0.25, 0.3) is 0 Å². The largest absolute Gasteiger partial charge is 0.493 e. The van der Waals surface area contributed by atoms with Gasteiger partial charge in [0.25, 0.3) is 5.91 Å². The molecule has 0 aliphatic heterocycles. The minimum atomic E-state index is -0.510. The Morgan fingerprint density at radius 3 is 2.73 bits per heavy atom. The van der Waals surface area contributed by atoms with Gasteiger partial charge >= 0.3 is 0 Å². The topological polar surface area (TPSA) is 78.2 Å². The average Bonchev–Trinajstić information content (AvgIpc) is 2.52. The SMILES string of the molecule is COc1cc(C[NH2+]C2CCCCC2)cc(Br)c1OCC(N)=O. The van der Waals surface area contributed by atoms with E-state index in [2.05, 4.69) is 21.2 Å². The lowest BCUT2D eigenvalue weighted by Gasteiger charge is -2.20. The first-order valence-electron chi connectivity index (χ1n) is 7.71. The van der Waals surface area contributed by atoms with Crippen molar-refractivity contribution in [3.63, 3.8) is 0 Å². The fourth-order valence-electron chi connectivity index (χ4n) is 2.85. The van der Waals surface area contributed by atoms with E-state index < -0.39 is 5.91 Å². The number of carbonyl (C=O) groups is 1. The van der Waals surface area contributed by atoms with Gasteiger partial charge in [-0.05, 0) is 53.7 Å². The zero-order valence-electron chi connectivity index (χ0n) is 12.9. The molecule has 0 atom stereocenters. The second kappa shape index (κ2) is 8.39. The van der Waals surface area contributed by atoms with E-state index >= 15 is 0 Å². The first-order valence-corrected chi connectivity index (χ1v) is 8.50. The lowest BCUT2D eigenvalue weighted by Crippen LogP contribution is -2.88. The van der Waals surface area contributed by atoms with Gasteiger partial charge in [0.2, 0.25) is 0 Å². The minimum Gasteiger partial charge on any atom is -0.493 e. The van der Waals surface area contributed by atoms with Crippen LogP contribution < -0.4 is 20.5 Å². The minimum absolute atomic E-state index is 0.164. The molecule has 0 heterocycles. The van der Waals surface area contributed by atoms with Crippen molar-refractivity contribution in [3.8, 4) is 11.5 Å². The number of hydrogen-bond donors (Lipinski definition) is 2. The van der Waals surface area contributed by atoms with Crippen molar-refractivity contribution >= 4 is 21.8 Å². The molecule has 0 aromatic heterocycles. The predicted molar refractivity (Wildman–Crippen MR) is 87.9 cm³/mol. The highest BCUT2D eigenvalue weighted by atomic mass is 79.9. The van der Waals surface area contributed by atoms with Crippen LogP contribution in [0.5, 0.6) is 11.5 Å². The zero-order valence-corrected chi connectivity index (χ0v) is 14.5. The summed E-state index contributed by atoms with van der Waals surface area (Å²) in [6.45, 7) is 0.748. The Kier molecular flexibility index (Phi) is 6.51. The van der Waals surface area contributed by atoms with Crippen molar-refractivity contribution in [2.24, 2.45) is 5.73 Å². The second-order valence-corrected chi connectivity index (χ2v) is 6.56. The number of benzene rings is 1. The molecule has 0 spiro atoms. The lowest BCUT2D eigenvalue weighted by molar-refractivity contribution is -0.706. The van der Waals surface area contributed by atoms with Gasteiger partial charge < -0.3 is 20.5 Å². The van der Waals surface area contributed by atoms with Crippen LogP contribution in [0.2, 0.25) is 0 Å². The van der Waals surface area contributed by atoms with Gasteiger partial charge in [-0.1, -0.05) is 6.42 Å². The highest BCUT2D eigenvalue weighted by molar-refractivity contribution is 9.10. The molecule has 1 fully saturated rings. The maximum absolute atomic E-state index is 10.9. The van der Waals surface area contributed by atoms with Crippen LogP contribution in [0.1, 0.15) is 37.7 Å². The quantitative estimate of drug-likeness (QED) is 0.765. The number of rotatable bonds is 7. The molecule has 1 saturated carbocycles. The number of halogens is 1. The smallest absolute Gasteiger partial charge is 0.255 e. The highest BCUT2D eigenvalue weighted by Crippen LogP contribution is 2.36. The standard InChI is InChI=1S/C16H23BrN2O3/c1-21-14-8-11(9-19-12-5-3-2-4-6-12)7-13(17)16(14)22-10-15(18)20/h7-8,12,19H,2-6,9-10H2,1H3,(H2,18,20)/p+1. The van der Waals surface area contributed by atoms with Crippen LogP contribution in [0.15, 0.2) is 16.6 Å². The summed E-state index contributed by atoms with van der Waals surface area (Å²) in [5.74, 6) is 0.619. The second-order valence-electron chi connectivity index (χ2n) is 5.70. The van der Waals surface area contributed by atoms with Crippen LogP contribution in [0.4, 0.5) is 0 Å². The lowest BCUT2D eigenvalue weighted by atomic mass is 9.95. The van der Waals surface area contributed by atoms with E-state index in [0.29, 0.717) is 11.5 Å². The molecule has 5 nitrogen and oxygen atoms in total. The number of hydrogen-bond acceptors (Lipinski definition) is 3. The molecule has 0 saturated heterocycles. The Bertz CT molecular complexity index is 516. The van der Waals surface area contributed by atoms with Gasteiger partial charge in [0.1, 0.15) is 6.54 Å². The molecule has 0 radical (unpaired) electrons. The Balaban J connectivity index is 2.02. The van der Waals surface area contributed by atoms with E-state index in [1.807, 2.05) is 12.1 Å². The first-order chi connectivity index (χ1) is 10.6. The number of carbonyl (C=O) groups excluding carboxylic acids is 1. The van der Waals surface area contributed by atoms with Gasteiger partial charge in [-0.15, -0.1) is 0 Å². The summed E-state index contributed by atoms with van der Waals surface area (Å²) in [7, 11) is 1.59. The molecule has 1 amide bonds. The normalized spacial score (nSPS) is 15.5. The molecule has 1 aromatic rings. The number of methoxy groups -OCH3 is 1. The average molecular weight is 372 g/mol. The molecule has 1 aliphatic carbocycles. The fourth-order valence-corrected chi connectivity index (χ4v) is 3.45. The summed E-state index contributed by atoms with van der Waals surface area (Å²) in [4.78, 5) is 10.9. The van der Waals surface area contributed by atoms with E-state index in [0.717, 1.165) is 17.1 Å². The van der Waals surface area contributed by atoms with Crippen molar-refractivity contribution in [1.82, 2.24) is 0 Å². The Morgan fingerprint density at radius 2 is 2.09 bits per heavy atom. The van der Waals surface area contributed by atoms with Crippen LogP contribution in [-0.2, 0) is 11.3 Å². The molecule has 122 valence electrons. The number of primary amides is 1. The summed E-state index contributed by atoms with van der Waals surface area (Å²) in [5, 5.41) is 2.41. The highest BCUT2D eigenvalue weighted by Gasteiger charge is 2.17. The third-order valence-corrected chi connectivity index (χ3v) is 4.57. The van der Waals surface area contributed by atoms with E-state index in [1.54, 1.807) is 7.11 Å². The van der Waals surface area contributed by atoms with Crippen LogP contribution in [0.3, 0.4) is 0 Å². The van der Waals surface area contributed by atoms with Gasteiger partial charge in [-0.3, -0.25) is 4.79 Å². The number of nitrogens with two attached hydrogens (primary N) is 2. The summed E-state index contributed by atoms with van der Waals surface area (Å²) >= 11 is 3.48. The predicted octanol–water partition coefficient (Wildman–Crippen LogP) is 1.72. The molecule has 4 N–H and O–H groups in total. The van der Waals surface area contributed by atoms with E-state index in [9.17, 15) is 4.79 Å². The van der Waals surface area contributed by atoms with Gasteiger partial charge in [0.05, 0.1) is 17.6 Å². The van der Waals surface area contributed by atoms with E-state index in [1.165, 1.54) is 37.7 Å². The monoisotopic (exact) mass is 371 g/mol. The summed E-state index contributed by atoms with van der Waals surface area (Å²) in [5.41, 5.74) is 6.28. The van der Waals surface area contributed by atoms with Crippen molar-refractivity contribution in [3.05, 3.63) is 22.2 Å². The fraction of sp³-hybridized carbons (Fsp3) is 0.562. The van der Waals surface area contributed by atoms with Crippen LogP contribution >= 0.6 is 15.9 Å². The van der Waals surface area contributed by atoms with Crippen molar-refractivity contribution < 1.29 is 19.6 Å². The summed E-state index contributed by atoms with van der Waals surface area (Å²) in [6.07, 6.45) is 6.66. The molecule has 2 rings (SSSR count). The molecular formula is C16H24BrN2O3+. The third-order valence-electron chi connectivity index (χ3n) is 3.98. The zero-order chi connectivity index (χ0) is 15.9. The third kappa shape index (κ3) is 4.88. The molecule has 6 heteroatoms. The van der Waals surface area contributed by atoms with Crippen LogP contribution in [-0.4, -0.2) is 25.7 Å². The molecule has 1 aromatic carbocycles. The number of ether oxygens (including phenoxy) is 2. The summed E-state index contributed by atoms with van der Waals surface area (Å²) < 4.78 is 11.6. The van der Waals surface area contributed by atoms with Crippen molar-refractivity contribution in [2.45, 2.75) is 44.7 Å². The van der Waals surface area contributed by atoms with Crippen molar-refractivity contribution in [2.75, 3.05) is 13.7 Å². The van der Waals surface area contributed by atoms with Crippen LogP contribution in [0, 0.1) is 0 Å². The first kappa shape index (κ1) is 17.1. The molecule has 0 unspecified atom stereocenters. The molecule has 0 bridgehead atoms. The Hall–Kier alpha value is -1.27. The van der Waals surface area contributed by atoms with E-state index in [-0.39, 0.29) is 6.61 Å². The molecule has 1 aliphatic rings. The maximum Gasteiger partial charge on any atom is 0.255 e. The van der Waals surface area contributed by atoms with Gasteiger partial charge in [-0.25, -0.2) is 0 Å². The molecular weight excluding hydrogens is 348 g/mol. The van der Waals surface area contributed by atoms with Gasteiger partial charge in [0.15, 0.2) is 18.1 Å². The van der Waals surface area contributed by atoms with Crippen molar-refractivity contribution in [1.29, 1.82) is 0 Å². The number of quaternary nitrogens is 1. The van der Waals surface area contributed by atoms with Gasteiger partial charge in [-0.2, -0.15) is 0 Å². The maximum atomic E-state index is 10.9. The van der Waals surface area contributed by atoms with E-state index in [4.69, 9.17) is 15.2 Å². The Morgan fingerprint density at radius 1 is 1.36 bits per heavy atom. The summed E-state index contributed by atoms with van der Waals surface area (Å²) in [6, 6.07) is 4.70. The number of amides is 1.